The number of benzene rings is 1. The second kappa shape index (κ2) is 15.0. The Bertz CT molecular complexity index is 1310. The lowest BCUT2D eigenvalue weighted by atomic mass is 9.87. The van der Waals surface area contributed by atoms with Crippen LogP contribution < -0.4 is 22.1 Å². The number of amides is 2. The second-order valence-corrected chi connectivity index (χ2v) is 12.4. The molecule has 6 N–H and O–H groups in total. The van der Waals surface area contributed by atoms with Gasteiger partial charge in [-0.05, 0) is 82.2 Å². The molecule has 1 unspecified atom stereocenters. The van der Waals surface area contributed by atoms with Crippen molar-refractivity contribution in [3.05, 3.63) is 28.8 Å². The van der Waals surface area contributed by atoms with Crippen LogP contribution in [0.4, 0.5) is 13.2 Å². The van der Waals surface area contributed by atoms with Crippen LogP contribution in [-0.4, -0.2) is 72.2 Å². The standard InChI is InChI=1S/C29H40F3N7O3S/c30-29(31,32)20-8-9-23-22(16-20)38-26(43-23)25(41)21(7-2-12-36-28(33)34)37-24(40)17-39-15-3-6-19(27(39)42)5-1-4-18-10-13-35-14-11-18/h8-9,16,18-19,21,35H,1-7,10-15,17H2,(H,37,40)(H4,33,34,36)/t19?,21-/m0/s1. The third-order valence-electron chi connectivity index (χ3n) is 8.12. The van der Waals surface area contributed by atoms with Crippen LogP contribution in [0.5, 0.6) is 0 Å². The van der Waals surface area contributed by atoms with Crippen molar-refractivity contribution in [3.8, 4) is 0 Å². The van der Waals surface area contributed by atoms with E-state index in [1.807, 2.05) is 0 Å². The average Bonchev–Trinajstić information content (AvgIpc) is 3.40. The highest BCUT2D eigenvalue weighted by Gasteiger charge is 2.33. The molecule has 14 heteroatoms. The lowest BCUT2D eigenvalue weighted by Crippen LogP contribution is -2.49. The SMILES string of the molecule is NC(N)=NCCC[C@H](NC(=O)CN1CCCC(CCCC2CCNCC2)C1=O)C(=O)c1nc2cc(C(F)(F)F)ccc2s1. The number of Topliss-reactive ketones (excluding diaryl/α,β-unsaturated/α-hetero) is 1. The summed E-state index contributed by atoms with van der Waals surface area (Å²) in [6.07, 6.45) is 2.86. The van der Waals surface area contributed by atoms with Crippen LogP contribution in [0.15, 0.2) is 23.2 Å². The van der Waals surface area contributed by atoms with Gasteiger partial charge in [0.15, 0.2) is 11.0 Å². The van der Waals surface area contributed by atoms with E-state index >= 15 is 0 Å². The lowest BCUT2D eigenvalue weighted by molar-refractivity contribution is -0.142. The fraction of sp³-hybridized carbons (Fsp3) is 0.621. The van der Waals surface area contributed by atoms with E-state index in [0.29, 0.717) is 23.6 Å². The Hall–Kier alpha value is -3.26. The number of alkyl halides is 3. The van der Waals surface area contributed by atoms with Gasteiger partial charge in [0, 0.05) is 19.0 Å². The molecule has 2 saturated heterocycles. The molecule has 2 aliphatic rings. The van der Waals surface area contributed by atoms with E-state index in [9.17, 15) is 27.6 Å². The van der Waals surface area contributed by atoms with Crippen molar-refractivity contribution in [1.29, 1.82) is 0 Å². The molecule has 3 heterocycles. The number of nitrogens with one attached hydrogen (secondary N) is 2. The van der Waals surface area contributed by atoms with Crippen LogP contribution in [-0.2, 0) is 15.8 Å². The van der Waals surface area contributed by atoms with Gasteiger partial charge in [0.05, 0.1) is 28.4 Å². The van der Waals surface area contributed by atoms with Crippen LogP contribution in [0, 0.1) is 11.8 Å². The number of thiazole rings is 1. The van der Waals surface area contributed by atoms with E-state index in [0.717, 1.165) is 68.7 Å². The minimum Gasteiger partial charge on any atom is -0.370 e. The summed E-state index contributed by atoms with van der Waals surface area (Å²) in [6, 6.07) is 2.12. The smallest absolute Gasteiger partial charge is 0.370 e. The number of nitrogens with zero attached hydrogens (tertiary/aromatic N) is 3. The van der Waals surface area contributed by atoms with Gasteiger partial charge >= 0.3 is 6.18 Å². The van der Waals surface area contributed by atoms with E-state index in [2.05, 4.69) is 20.6 Å². The highest BCUT2D eigenvalue weighted by Crippen LogP contribution is 2.33. The molecule has 0 saturated carbocycles. The molecule has 0 aliphatic carbocycles. The first-order chi connectivity index (χ1) is 20.5. The number of aromatic nitrogens is 1. The predicted molar refractivity (Wildman–Crippen MR) is 160 cm³/mol. The molecule has 2 atom stereocenters. The summed E-state index contributed by atoms with van der Waals surface area (Å²) in [4.78, 5) is 49.4. The number of piperidine rings is 2. The van der Waals surface area contributed by atoms with E-state index in [4.69, 9.17) is 11.5 Å². The van der Waals surface area contributed by atoms with Gasteiger partial charge in [0.25, 0.3) is 0 Å². The first-order valence-electron chi connectivity index (χ1n) is 14.9. The Morgan fingerprint density at radius 2 is 1.93 bits per heavy atom. The van der Waals surface area contributed by atoms with Crippen molar-refractivity contribution < 1.29 is 27.6 Å². The molecular weight excluding hydrogens is 583 g/mol. The molecule has 2 aromatic rings. The van der Waals surface area contributed by atoms with Gasteiger partial charge in [-0.25, -0.2) is 4.98 Å². The average molecular weight is 624 g/mol. The normalized spacial score (nSPS) is 18.9. The van der Waals surface area contributed by atoms with Crippen LogP contribution in [0.25, 0.3) is 10.2 Å². The number of carbonyl (C=O) groups excluding carboxylic acids is 3. The minimum atomic E-state index is -4.54. The molecule has 4 rings (SSSR count). The Balaban J connectivity index is 1.38. The topological polar surface area (TPSA) is 156 Å². The molecule has 0 spiro atoms. The zero-order valence-corrected chi connectivity index (χ0v) is 24.9. The van der Waals surface area contributed by atoms with Crippen molar-refractivity contribution in [1.82, 2.24) is 20.5 Å². The minimum absolute atomic E-state index is 0.00988. The number of aliphatic imine (C=N–C) groups is 1. The Kier molecular flexibility index (Phi) is 11.4. The number of hydrogen-bond donors (Lipinski definition) is 4. The lowest BCUT2D eigenvalue weighted by Gasteiger charge is -2.32. The molecule has 2 fully saturated rings. The van der Waals surface area contributed by atoms with Gasteiger partial charge in [-0.2, -0.15) is 13.2 Å². The van der Waals surface area contributed by atoms with Crippen LogP contribution >= 0.6 is 11.3 Å². The van der Waals surface area contributed by atoms with Gasteiger partial charge in [-0.1, -0.05) is 12.8 Å². The number of carbonyl (C=O) groups is 3. The zero-order valence-electron chi connectivity index (χ0n) is 24.1. The number of hydrogen-bond acceptors (Lipinski definition) is 7. The molecule has 0 radical (unpaired) electrons. The summed E-state index contributed by atoms with van der Waals surface area (Å²) in [5, 5.41) is 6.10. The fourth-order valence-corrected chi connectivity index (χ4v) is 6.75. The Morgan fingerprint density at radius 3 is 2.65 bits per heavy atom. The Labute approximate surface area is 252 Å². The first kappa shape index (κ1) is 32.6. The summed E-state index contributed by atoms with van der Waals surface area (Å²) in [6.45, 7) is 2.62. The molecule has 1 aromatic heterocycles. The van der Waals surface area contributed by atoms with Crippen LogP contribution in [0.1, 0.15) is 73.2 Å². The maximum atomic E-state index is 13.5. The number of rotatable bonds is 13. The van der Waals surface area contributed by atoms with Crippen molar-refractivity contribution in [2.24, 2.45) is 28.3 Å². The molecule has 2 aliphatic heterocycles. The number of halogens is 3. The van der Waals surface area contributed by atoms with Crippen molar-refractivity contribution in [3.63, 3.8) is 0 Å². The highest BCUT2D eigenvalue weighted by atomic mass is 32.1. The van der Waals surface area contributed by atoms with Crippen molar-refractivity contribution in [2.75, 3.05) is 32.7 Å². The van der Waals surface area contributed by atoms with Gasteiger partial charge in [-0.15, -0.1) is 11.3 Å². The van der Waals surface area contributed by atoms with E-state index in [1.165, 1.54) is 18.9 Å². The van der Waals surface area contributed by atoms with E-state index in [1.54, 1.807) is 4.90 Å². The van der Waals surface area contributed by atoms with Gasteiger partial charge in [-0.3, -0.25) is 19.4 Å². The zero-order chi connectivity index (χ0) is 31.0. The number of nitrogens with two attached hydrogens (primary N) is 2. The molecule has 0 bridgehead atoms. The highest BCUT2D eigenvalue weighted by molar-refractivity contribution is 7.20. The van der Waals surface area contributed by atoms with E-state index in [-0.39, 0.29) is 47.8 Å². The molecule has 10 nitrogen and oxygen atoms in total. The largest absolute Gasteiger partial charge is 0.416 e. The summed E-state index contributed by atoms with van der Waals surface area (Å²) in [5.41, 5.74) is 9.97. The summed E-state index contributed by atoms with van der Waals surface area (Å²) in [7, 11) is 0. The van der Waals surface area contributed by atoms with Crippen LogP contribution in [0.2, 0.25) is 0 Å². The summed E-state index contributed by atoms with van der Waals surface area (Å²) >= 11 is 0.963. The number of ketones is 1. The molecule has 236 valence electrons. The number of fused-ring (bicyclic) bond motifs is 1. The van der Waals surface area contributed by atoms with Gasteiger partial charge in [0.2, 0.25) is 17.6 Å². The Morgan fingerprint density at radius 1 is 1.16 bits per heavy atom. The monoisotopic (exact) mass is 623 g/mol. The van der Waals surface area contributed by atoms with Gasteiger partial charge in [0.1, 0.15) is 0 Å². The van der Waals surface area contributed by atoms with E-state index < -0.39 is 29.5 Å². The molecule has 1 aromatic carbocycles. The maximum Gasteiger partial charge on any atom is 0.416 e. The number of likely N-dealkylation sites (tertiary alicyclic amines) is 1. The summed E-state index contributed by atoms with van der Waals surface area (Å²) in [5.74, 6) is -0.547. The van der Waals surface area contributed by atoms with Crippen LogP contribution in [0.3, 0.4) is 0 Å². The fourth-order valence-electron chi connectivity index (χ4n) is 5.81. The van der Waals surface area contributed by atoms with Crippen molar-refractivity contribution >= 4 is 45.1 Å². The third kappa shape index (κ3) is 9.36. The third-order valence-corrected chi connectivity index (χ3v) is 9.17. The summed E-state index contributed by atoms with van der Waals surface area (Å²) < 4.78 is 39.9. The quantitative estimate of drug-likeness (QED) is 0.115. The number of guanidine groups is 1. The molecular formula is C29H40F3N7O3S. The maximum absolute atomic E-state index is 13.5. The molecule has 43 heavy (non-hydrogen) atoms. The molecule has 2 amide bonds. The second-order valence-electron chi connectivity index (χ2n) is 11.4. The van der Waals surface area contributed by atoms with Crippen molar-refractivity contribution in [2.45, 2.75) is 70.0 Å². The predicted octanol–water partition coefficient (Wildman–Crippen LogP) is 3.44. The first-order valence-corrected chi connectivity index (χ1v) is 15.7. The van der Waals surface area contributed by atoms with Gasteiger partial charge < -0.3 is 27.0 Å².